The molecule has 3 aromatic carbocycles. The standard InChI is InChI=1S/C29H14N6OS/c30-14-17(15-31)12-26-33-34-29(36-26)21-8-9-24-28-19(21)5-3-6-20(28)22-16-32-11-10-23(22)35(24)27-13-18-4-1-2-7-25(18)37-27/h1-13,16H. The Morgan fingerprint density at radius 2 is 1.78 bits per heavy atom. The van der Waals surface area contributed by atoms with Gasteiger partial charge in [-0.3, -0.25) is 4.98 Å². The molecule has 37 heavy (non-hydrogen) atoms. The van der Waals surface area contributed by atoms with Crippen molar-refractivity contribution in [3.63, 3.8) is 0 Å². The minimum Gasteiger partial charge on any atom is -0.417 e. The summed E-state index contributed by atoms with van der Waals surface area (Å²) in [5.74, 6) is 0.422. The third-order valence-corrected chi connectivity index (χ3v) is 7.50. The second-order valence-corrected chi connectivity index (χ2v) is 9.50. The fraction of sp³-hybridized carbons (Fsp3) is 0. The van der Waals surface area contributed by atoms with Gasteiger partial charge in [0.15, 0.2) is 0 Å². The van der Waals surface area contributed by atoms with Crippen molar-refractivity contribution in [2.75, 3.05) is 4.90 Å². The summed E-state index contributed by atoms with van der Waals surface area (Å²) in [7, 11) is 0. The first-order valence-electron chi connectivity index (χ1n) is 11.4. The minimum absolute atomic E-state index is 0.102. The molecule has 7 rings (SSSR count). The SMILES string of the molecule is N#CC(C#N)=Cc1nnc(-c2ccc3c4c(cccc24)-c2cnccc2N3c2cc3ccccc3s2)o1. The van der Waals surface area contributed by atoms with E-state index in [0.717, 1.165) is 43.8 Å². The molecule has 0 saturated carbocycles. The first-order valence-corrected chi connectivity index (χ1v) is 12.2. The number of pyridine rings is 1. The lowest BCUT2D eigenvalue weighted by atomic mass is 9.90. The number of benzene rings is 3. The summed E-state index contributed by atoms with van der Waals surface area (Å²) in [6, 6.07) is 26.5. The van der Waals surface area contributed by atoms with Crippen LogP contribution in [0.5, 0.6) is 0 Å². The van der Waals surface area contributed by atoms with E-state index in [9.17, 15) is 0 Å². The molecule has 3 aromatic heterocycles. The molecule has 0 unspecified atom stereocenters. The molecule has 6 aromatic rings. The number of thiophene rings is 1. The smallest absolute Gasteiger partial charge is 0.248 e. The van der Waals surface area contributed by atoms with E-state index in [1.54, 1.807) is 11.3 Å². The fourth-order valence-corrected chi connectivity index (χ4v) is 5.93. The summed E-state index contributed by atoms with van der Waals surface area (Å²) >= 11 is 1.75. The normalized spacial score (nSPS) is 11.7. The van der Waals surface area contributed by atoms with Gasteiger partial charge in [-0.05, 0) is 46.7 Å². The molecule has 7 nitrogen and oxygen atoms in total. The minimum atomic E-state index is -0.102. The maximum atomic E-state index is 9.05. The van der Waals surface area contributed by atoms with Crippen molar-refractivity contribution < 1.29 is 4.42 Å². The number of hydrogen-bond acceptors (Lipinski definition) is 8. The molecule has 1 aliphatic heterocycles. The zero-order valence-electron chi connectivity index (χ0n) is 19.1. The van der Waals surface area contributed by atoms with E-state index in [-0.39, 0.29) is 11.5 Å². The van der Waals surface area contributed by atoms with Crippen LogP contribution in [0.1, 0.15) is 5.89 Å². The number of anilines is 3. The molecule has 0 spiro atoms. The van der Waals surface area contributed by atoms with Crippen molar-refractivity contribution in [1.29, 1.82) is 10.5 Å². The van der Waals surface area contributed by atoms with Gasteiger partial charge in [0.1, 0.15) is 22.7 Å². The van der Waals surface area contributed by atoms with Crippen molar-refractivity contribution in [2.24, 2.45) is 0 Å². The quantitative estimate of drug-likeness (QED) is 0.236. The van der Waals surface area contributed by atoms with Crippen LogP contribution < -0.4 is 4.90 Å². The summed E-state index contributed by atoms with van der Waals surface area (Å²) in [5.41, 5.74) is 4.90. The molecule has 0 aliphatic carbocycles. The highest BCUT2D eigenvalue weighted by atomic mass is 32.1. The van der Waals surface area contributed by atoms with Crippen LogP contribution in [0.2, 0.25) is 0 Å². The summed E-state index contributed by atoms with van der Waals surface area (Å²) in [6.45, 7) is 0. The molecule has 0 radical (unpaired) electrons. The maximum Gasteiger partial charge on any atom is 0.248 e. The molecule has 0 atom stereocenters. The zero-order chi connectivity index (χ0) is 24.9. The van der Waals surface area contributed by atoms with E-state index in [2.05, 4.69) is 62.5 Å². The number of aromatic nitrogens is 3. The van der Waals surface area contributed by atoms with Gasteiger partial charge in [0.05, 0.1) is 11.4 Å². The van der Waals surface area contributed by atoms with Crippen LogP contribution in [-0.4, -0.2) is 15.2 Å². The van der Waals surface area contributed by atoms with Gasteiger partial charge in [-0.2, -0.15) is 10.5 Å². The predicted octanol–water partition coefficient (Wildman–Crippen LogP) is 7.38. The monoisotopic (exact) mass is 494 g/mol. The lowest BCUT2D eigenvalue weighted by Gasteiger charge is -2.32. The lowest BCUT2D eigenvalue weighted by molar-refractivity contribution is 0.558. The third-order valence-electron chi connectivity index (χ3n) is 6.40. The van der Waals surface area contributed by atoms with Gasteiger partial charge in [0.2, 0.25) is 11.8 Å². The number of nitriles is 2. The average Bonchev–Trinajstić information content (AvgIpc) is 3.59. The Bertz CT molecular complexity index is 1940. The van der Waals surface area contributed by atoms with Crippen molar-refractivity contribution >= 4 is 54.6 Å². The highest BCUT2D eigenvalue weighted by Gasteiger charge is 2.28. The van der Waals surface area contributed by atoms with E-state index >= 15 is 0 Å². The summed E-state index contributed by atoms with van der Waals surface area (Å²) in [4.78, 5) is 6.72. The first-order chi connectivity index (χ1) is 18.2. The highest BCUT2D eigenvalue weighted by molar-refractivity contribution is 7.23. The highest BCUT2D eigenvalue weighted by Crippen LogP contribution is 2.53. The molecule has 4 heterocycles. The van der Waals surface area contributed by atoms with Gasteiger partial charge in [-0.1, -0.05) is 36.4 Å². The van der Waals surface area contributed by atoms with Crippen LogP contribution in [-0.2, 0) is 0 Å². The van der Waals surface area contributed by atoms with Crippen LogP contribution in [0.15, 0.2) is 89.1 Å². The fourth-order valence-electron chi connectivity index (χ4n) is 4.84. The summed E-state index contributed by atoms with van der Waals surface area (Å²) in [5, 5.41) is 30.7. The van der Waals surface area contributed by atoms with Gasteiger partial charge in [-0.25, -0.2) is 0 Å². The Hall–Kier alpha value is -5.31. The van der Waals surface area contributed by atoms with Gasteiger partial charge < -0.3 is 9.32 Å². The Morgan fingerprint density at radius 3 is 2.65 bits per heavy atom. The molecule has 0 amide bonds. The zero-order valence-corrected chi connectivity index (χ0v) is 19.9. The predicted molar refractivity (Wildman–Crippen MR) is 143 cm³/mol. The maximum absolute atomic E-state index is 9.05. The van der Waals surface area contributed by atoms with Crippen LogP contribution in [0.3, 0.4) is 0 Å². The van der Waals surface area contributed by atoms with Gasteiger partial charge in [-0.15, -0.1) is 21.5 Å². The molecule has 0 bridgehead atoms. The molecular weight excluding hydrogens is 480 g/mol. The Morgan fingerprint density at radius 1 is 0.892 bits per heavy atom. The third kappa shape index (κ3) is 3.21. The van der Waals surface area contributed by atoms with Gasteiger partial charge in [0, 0.05) is 39.7 Å². The Balaban J connectivity index is 1.47. The number of rotatable bonds is 3. The van der Waals surface area contributed by atoms with Crippen molar-refractivity contribution in [3.05, 3.63) is 90.6 Å². The van der Waals surface area contributed by atoms with E-state index in [1.165, 1.54) is 16.2 Å². The van der Waals surface area contributed by atoms with Crippen LogP contribution in [0.25, 0.3) is 49.5 Å². The first kappa shape index (κ1) is 21.0. The Kier molecular flexibility index (Phi) is 4.62. The second-order valence-electron chi connectivity index (χ2n) is 8.44. The average molecular weight is 495 g/mol. The molecule has 172 valence electrons. The number of nitrogens with zero attached hydrogens (tertiary/aromatic N) is 6. The number of fused-ring (bicyclic) bond motifs is 3. The van der Waals surface area contributed by atoms with Gasteiger partial charge in [0.25, 0.3) is 0 Å². The van der Waals surface area contributed by atoms with Crippen molar-refractivity contribution in [3.8, 4) is 34.7 Å². The van der Waals surface area contributed by atoms with Crippen LogP contribution >= 0.6 is 11.3 Å². The second kappa shape index (κ2) is 8.13. The molecule has 8 heteroatoms. The molecule has 0 N–H and O–H groups in total. The largest absolute Gasteiger partial charge is 0.417 e. The topological polar surface area (TPSA) is 103 Å². The Labute approximate surface area is 214 Å². The van der Waals surface area contributed by atoms with E-state index < -0.39 is 0 Å². The van der Waals surface area contributed by atoms with Crippen LogP contribution in [0.4, 0.5) is 16.4 Å². The van der Waals surface area contributed by atoms with Gasteiger partial charge >= 0.3 is 0 Å². The number of allylic oxidation sites excluding steroid dienone is 1. The molecule has 0 saturated heterocycles. The van der Waals surface area contributed by atoms with E-state index in [0.29, 0.717) is 5.89 Å². The molecule has 1 aliphatic rings. The lowest BCUT2D eigenvalue weighted by Crippen LogP contribution is -2.14. The van der Waals surface area contributed by atoms with E-state index in [4.69, 9.17) is 14.9 Å². The summed E-state index contributed by atoms with van der Waals surface area (Å²) in [6.07, 6.45) is 5.01. The van der Waals surface area contributed by atoms with Crippen molar-refractivity contribution in [2.45, 2.75) is 0 Å². The summed E-state index contributed by atoms with van der Waals surface area (Å²) < 4.78 is 7.06. The molecular formula is C29H14N6OS. The van der Waals surface area contributed by atoms with E-state index in [1.807, 2.05) is 48.8 Å². The number of hydrogen-bond donors (Lipinski definition) is 0. The van der Waals surface area contributed by atoms with Crippen LogP contribution in [0, 0.1) is 22.7 Å². The molecule has 0 fully saturated rings. The van der Waals surface area contributed by atoms with Crippen molar-refractivity contribution in [1.82, 2.24) is 15.2 Å².